The fraction of sp³-hybridized carbons (Fsp3) is 0.875. The van der Waals surface area contributed by atoms with Crippen molar-refractivity contribution >= 4 is 35.3 Å². The van der Waals surface area contributed by atoms with E-state index >= 15 is 0 Å². The molecule has 31 heavy (non-hydrogen) atoms. The van der Waals surface area contributed by atoms with E-state index in [0.29, 0.717) is 0 Å². The molecule has 6 nitrogen and oxygen atoms in total. The first kappa shape index (κ1) is 29.9. The van der Waals surface area contributed by atoms with Crippen LogP contribution in [-0.4, -0.2) is 35.3 Å². The van der Waals surface area contributed by atoms with Crippen molar-refractivity contribution in [3.8, 4) is 0 Å². The molecule has 3 rings (SSSR count). The summed E-state index contributed by atoms with van der Waals surface area (Å²) in [7, 11) is 0. The molecular weight excluding hydrogens is 411 g/mol. The number of carbonyl (C=O) groups excluding carboxylic acids is 3. The van der Waals surface area contributed by atoms with Gasteiger partial charge in [0.15, 0.2) is 0 Å². The quantitative estimate of drug-likeness (QED) is 0.604. The molecule has 3 fully saturated rings. The summed E-state index contributed by atoms with van der Waals surface area (Å²) >= 11 is 0. The molecule has 0 heterocycles. The zero-order chi connectivity index (χ0) is 22.8. The van der Waals surface area contributed by atoms with Gasteiger partial charge in [0.25, 0.3) is 0 Å². The van der Waals surface area contributed by atoms with Crippen molar-refractivity contribution in [2.75, 3.05) is 0 Å². The molecule has 0 spiro atoms. The average molecular weight is 451 g/mol. The van der Waals surface area contributed by atoms with E-state index in [1.54, 1.807) is 20.8 Å². The van der Waals surface area contributed by atoms with Gasteiger partial charge in [-0.1, -0.05) is 78.6 Å². The second kappa shape index (κ2) is 13.5. The molecule has 0 radical (unpaired) electrons. The fourth-order valence-electron chi connectivity index (χ4n) is 4.61. The van der Waals surface area contributed by atoms with Gasteiger partial charge in [-0.05, 0) is 38.5 Å². The molecule has 7 heteroatoms. The van der Waals surface area contributed by atoms with Gasteiger partial charge in [-0.25, -0.2) is 0 Å². The Labute approximate surface area is 198 Å². The summed E-state index contributed by atoms with van der Waals surface area (Å²) in [4.78, 5) is 31.7. The van der Waals surface area contributed by atoms with Crippen LogP contribution in [0.2, 0.25) is 0 Å². The molecule has 0 atom stereocenters. The van der Waals surface area contributed by atoms with Crippen LogP contribution in [0.15, 0.2) is 0 Å². The third-order valence-electron chi connectivity index (χ3n) is 7.35. The number of carboxylic acid groups (broad SMARTS) is 3. The molecule has 3 aliphatic carbocycles. The zero-order valence-electron chi connectivity index (χ0n) is 19.6. The molecule has 0 aromatic carbocycles. The minimum absolute atomic E-state index is 0. The van der Waals surface area contributed by atoms with Crippen LogP contribution >= 0.6 is 0 Å². The van der Waals surface area contributed by atoms with E-state index in [9.17, 15) is 29.7 Å². The molecule has 0 amide bonds. The van der Waals surface area contributed by atoms with Gasteiger partial charge in [0.2, 0.25) is 0 Å². The van der Waals surface area contributed by atoms with E-state index in [-0.39, 0.29) is 17.4 Å². The van der Waals surface area contributed by atoms with Crippen molar-refractivity contribution in [3.05, 3.63) is 0 Å². The number of aliphatic carboxylic acids is 3. The molecule has 0 aliphatic heterocycles. The second-order valence-electron chi connectivity index (χ2n) is 10.2. The second-order valence-corrected chi connectivity index (χ2v) is 10.2. The Bertz CT molecular complexity index is 490. The average Bonchev–Trinajstić information content (AvgIpc) is 2.70. The van der Waals surface area contributed by atoms with E-state index in [0.717, 1.165) is 77.0 Å². The Balaban J connectivity index is 0.000000429. The van der Waals surface area contributed by atoms with Crippen LogP contribution in [0.1, 0.15) is 117 Å². The maximum atomic E-state index is 10.6. The number of carboxylic acids is 3. The fourth-order valence-corrected chi connectivity index (χ4v) is 4.61. The normalized spacial score (nSPS) is 23.3. The number of hydrogen-bond donors (Lipinski definition) is 0. The smallest absolute Gasteiger partial charge is 0.550 e. The standard InChI is InChI=1S/3C8H14O2.Al/c3*1-8(7(9)10)5-3-2-4-6-8;/h3*2-6H2,1H3,(H,9,10);/q;;;+3/p-3. The summed E-state index contributed by atoms with van der Waals surface area (Å²) < 4.78 is 0. The summed E-state index contributed by atoms with van der Waals surface area (Å²) in [5.41, 5.74) is -1.55. The third-order valence-corrected chi connectivity index (χ3v) is 7.35. The summed E-state index contributed by atoms with van der Waals surface area (Å²) in [5.74, 6) is -2.61. The summed E-state index contributed by atoms with van der Waals surface area (Å²) in [6.07, 6.45) is 14.6. The summed E-state index contributed by atoms with van der Waals surface area (Å²) in [6.45, 7) is 5.38. The van der Waals surface area contributed by atoms with E-state index in [4.69, 9.17) is 0 Å². The number of carbonyl (C=O) groups is 3. The first-order valence-corrected chi connectivity index (χ1v) is 11.6. The first-order chi connectivity index (χ1) is 14.0. The largest absolute Gasteiger partial charge is 3.00 e. The van der Waals surface area contributed by atoms with Crippen molar-refractivity contribution in [1.29, 1.82) is 0 Å². The van der Waals surface area contributed by atoms with Gasteiger partial charge < -0.3 is 29.7 Å². The van der Waals surface area contributed by atoms with Crippen LogP contribution in [0.4, 0.5) is 0 Å². The van der Waals surface area contributed by atoms with Gasteiger partial charge in [-0.3, -0.25) is 0 Å². The number of rotatable bonds is 3. The van der Waals surface area contributed by atoms with E-state index in [1.807, 2.05) is 0 Å². The molecule has 0 unspecified atom stereocenters. The van der Waals surface area contributed by atoms with Crippen LogP contribution in [0.3, 0.4) is 0 Å². The van der Waals surface area contributed by atoms with Crippen LogP contribution in [0.25, 0.3) is 0 Å². The van der Waals surface area contributed by atoms with Crippen LogP contribution < -0.4 is 15.3 Å². The SMILES string of the molecule is CC1(C(=O)[O-])CCCCC1.CC1(C(=O)[O-])CCCCC1.CC1(C(=O)[O-])CCCCC1.[Al+3]. The maximum Gasteiger partial charge on any atom is 3.00 e. The van der Waals surface area contributed by atoms with Crippen molar-refractivity contribution in [1.82, 2.24) is 0 Å². The molecule has 3 saturated carbocycles. The van der Waals surface area contributed by atoms with Gasteiger partial charge in [0.05, 0.1) is 0 Å². The van der Waals surface area contributed by atoms with E-state index < -0.39 is 34.2 Å². The molecule has 0 bridgehead atoms. The molecule has 0 aromatic rings. The minimum atomic E-state index is -0.868. The monoisotopic (exact) mass is 450 g/mol. The zero-order valence-corrected chi connectivity index (χ0v) is 20.8. The predicted octanol–water partition coefficient (Wildman–Crippen LogP) is 1.74. The Morgan fingerprint density at radius 1 is 0.452 bits per heavy atom. The van der Waals surface area contributed by atoms with Crippen LogP contribution in [-0.2, 0) is 14.4 Å². The summed E-state index contributed by atoms with van der Waals surface area (Å²) in [6, 6.07) is 0. The Hall–Kier alpha value is -1.06. The molecular formula is C24H39AlO6. The van der Waals surface area contributed by atoms with Gasteiger partial charge in [-0.2, -0.15) is 0 Å². The van der Waals surface area contributed by atoms with Crippen molar-refractivity contribution in [3.63, 3.8) is 0 Å². The van der Waals surface area contributed by atoms with E-state index in [1.165, 1.54) is 19.3 Å². The van der Waals surface area contributed by atoms with Crippen LogP contribution in [0.5, 0.6) is 0 Å². The van der Waals surface area contributed by atoms with Crippen molar-refractivity contribution in [2.24, 2.45) is 16.2 Å². The Morgan fingerprint density at radius 2 is 0.613 bits per heavy atom. The maximum absolute atomic E-state index is 10.6. The molecule has 0 N–H and O–H groups in total. The van der Waals surface area contributed by atoms with E-state index in [2.05, 4.69) is 0 Å². The van der Waals surface area contributed by atoms with Crippen molar-refractivity contribution in [2.45, 2.75) is 117 Å². The Kier molecular flexibility index (Phi) is 13.0. The van der Waals surface area contributed by atoms with Gasteiger partial charge in [-0.15, -0.1) is 0 Å². The summed E-state index contributed by atoms with van der Waals surface area (Å²) in [5, 5.41) is 31.7. The van der Waals surface area contributed by atoms with Crippen LogP contribution in [0, 0.1) is 16.2 Å². The minimum Gasteiger partial charge on any atom is -0.550 e. The first-order valence-electron chi connectivity index (χ1n) is 11.6. The molecule has 0 saturated heterocycles. The molecule has 0 aromatic heterocycles. The van der Waals surface area contributed by atoms with Gasteiger partial charge >= 0.3 is 17.4 Å². The predicted molar refractivity (Wildman–Crippen MR) is 114 cm³/mol. The number of hydrogen-bond acceptors (Lipinski definition) is 6. The molecule has 174 valence electrons. The van der Waals surface area contributed by atoms with Gasteiger partial charge in [0.1, 0.15) is 0 Å². The third kappa shape index (κ3) is 9.53. The Morgan fingerprint density at radius 3 is 0.710 bits per heavy atom. The van der Waals surface area contributed by atoms with Gasteiger partial charge in [0, 0.05) is 34.2 Å². The topological polar surface area (TPSA) is 120 Å². The molecule has 3 aliphatic rings. The van der Waals surface area contributed by atoms with Crippen molar-refractivity contribution < 1.29 is 29.7 Å².